The molecule has 2 aliphatic heterocycles. The minimum atomic E-state index is -3.84. The summed E-state index contributed by atoms with van der Waals surface area (Å²) in [5.41, 5.74) is 15.0. The second-order valence-electron chi connectivity index (χ2n) is 18.4. The van der Waals surface area contributed by atoms with Crippen LogP contribution in [0.2, 0.25) is 0 Å². The lowest BCUT2D eigenvalue weighted by Crippen LogP contribution is -2.38. The molecule has 0 spiro atoms. The van der Waals surface area contributed by atoms with E-state index in [4.69, 9.17) is 0 Å². The Kier molecular flexibility index (Phi) is 10.7. The third kappa shape index (κ3) is 7.14. The summed E-state index contributed by atoms with van der Waals surface area (Å²) >= 11 is 0. The Morgan fingerprint density at radius 3 is 0.806 bits per heavy atom. The van der Waals surface area contributed by atoms with Gasteiger partial charge in [0.15, 0.2) is 0 Å². The number of hydrogen-bond donors (Lipinski definition) is 0. The van der Waals surface area contributed by atoms with Crippen molar-refractivity contribution < 1.29 is 9.13 Å². The molecule has 72 heavy (non-hydrogen) atoms. The number of benzene rings is 11. The van der Waals surface area contributed by atoms with Crippen molar-refractivity contribution in [3.05, 3.63) is 279 Å². The third-order valence-electron chi connectivity index (χ3n) is 14.1. The van der Waals surface area contributed by atoms with Crippen molar-refractivity contribution in [2.45, 2.75) is 0 Å². The van der Waals surface area contributed by atoms with E-state index in [0.29, 0.717) is 21.2 Å². The average Bonchev–Trinajstić information content (AvgIpc) is 3.46. The Labute approximate surface area is 420 Å². The number of para-hydroxylation sites is 2. The van der Waals surface area contributed by atoms with Gasteiger partial charge in [0.2, 0.25) is 14.6 Å². The molecular formula is C66H46N2O2P2. The maximum Gasteiger partial charge on any atom is 0.234 e. The first-order valence-corrected chi connectivity index (χ1v) is 27.6. The van der Waals surface area contributed by atoms with Gasteiger partial charge in [-0.25, -0.2) is 0 Å². The fourth-order valence-corrected chi connectivity index (χ4v) is 16.9. The first-order chi connectivity index (χ1) is 35.5. The highest BCUT2D eigenvalue weighted by Gasteiger charge is 2.48. The van der Waals surface area contributed by atoms with Gasteiger partial charge in [-0.3, -0.25) is 18.5 Å². The molecule has 0 radical (unpaired) electrons. The van der Waals surface area contributed by atoms with Crippen LogP contribution in [0.3, 0.4) is 0 Å². The van der Waals surface area contributed by atoms with Crippen molar-refractivity contribution in [2.24, 2.45) is 0 Å². The molecule has 11 aromatic rings. The minimum absolute atomic E-state index is 0.692. The zero-order valence-electron chi connectivity index (χ0n) is 39.2. The molecule has 342 valence electrons. The molecule has 4 nitrogen and oxygen atoms in total. The Morgan fingerprint density at radius 1 is 0.236 bits per heavy atom. The van der Waals surface area contributed by atoms with E-state index in [-0.39, 0.29) is 0 Å². The maximum absolute atomic E-state index is 17.6. The van der Waals surface area contributed by atoms with E-state index in [9.17, 15) is 0 Å². The van der Waals surface area contributed by atoms with Crippen molar-refractivity contribution in [3.63, 3.8) is 0 Å². The molecule has 11 aromatic carbocycles. The molecule has 2 atom stereocenters. The quantitative estimate of drug-likeness (QED) is 0.142. The van der Waals surface area contributed by atoms with Gasteiger partial charge in [0.05, 0.1) is 11.4 Å². The van der Waals surface area contributed by atoms with Gasteiger partial charge in [0.25, 0.3) is 0 Å². The molecule has 2 aliphatic rings. The Hall–Kier alpha value is -8.52. The molecule has 6 heteroatoms. The van der Waals surface area contributed by atoms with Crippen molar-refractivity contribution in [2.75, 3.05) is 9.34 Å². The molecule has 2 heterocycles. The lowest BCUT2D eigenvalue weighted by molar-refractivity contribution is 0.585. The summed E-state index contributed by atoms with van der Waals surface area (Å²) in [5.74, 6) is 0. The lowest BCUT2D eigenvalue weighted by Gasteiger charge is -2.44. The fraction of sp³-hybridized carbons (Fsp3) is 0. The SMILES string of the molecule is O=P1(c2ccccc2)c2cc3c(cc2-c2ccccc2N1c1cc(-c2ccccc2)cc(-c2ccccc2)c1)P(=O)(c1ccccc1)N(c1cc(-c2ccccc2)cc(-c2ccccc2)c1)c1ccccc1-3. The van der Waals surface area contributed by atoms with Crippen LogP contribution >= 0.6 is 14.6 Å². The molecule has 13 rings (SSSR count). The topological polar surface area (TPSA) is 40.6 Å². The Morgan fingerprint density at radius 2 is 0.500 bits per heavy atom. The number of anilines is 4. The molecule has 2 unspecified atom stereocenters. The molecule has 0 saturated carbocycles. The summed E-state index contributed by atoms with van der Waals surface area (Å²) in [7, 11) is -7.68. The monoisotopic (exact) mass is 960 g/mol. The summed E-state index contributed by atoms with van der Waals surface area (Å²) in [4.78, 5) is 0. The molecule has 0 bridgehead atoms. The Balaban J connectivity index is 1.10. The second-order valence-corrected chi connectivity index (χ2v) is 23.5. The van der Waals surface area contributed by atoms with Gasteiger partial charge in [-0.1, -0.05) is 194 Å². The zero-order valence-corrected chi connectivity index (χ0v) is 41.0. The van der Waals surface area contributed by atoms with E-state index < -0.39 is 14.6 Å². The van der Waals surface area contributed by atoms with E-state index >= 15 is 9.13 Å². The van der Waals surface area contributed by atoms with Crippen molar-refractivity contribution in [3.8, 4) is 66.8 Å². The van der Waals surface area contributed by atoms with Crippen LogP contribution in [-0.4, -0.2) is 0 Å². The smallest absolute Gasteiger partial charge is 0.234 e. The third-order valence-corrected chi connectivity index (χ3v) is 20.2. The van der Waals surface area contributed by atoms with Gasteiger partial charge in [-0.15, -0.1) is 0 Å². The van der Waals surface area contributed by atoms with Crippen molar-refractivity contribution in [1.29, 1.82) is 0 Å². The van der Waals surface area contributed by atoms with E-state index in [0.717, 1.165) is 89.5 Å². The summed E-state index contributed by atoms with van der Waals surface area (Å²) in [6.07, 6.45) is 0. The molecule has 0 fully saturated rings. The summed E-state index contributed by atoms with van der Waals surface area (Å²) < 4.78 is 39.3. The van der Waals surface area contributed by atoms with Crippen LogP contribution in [0.1, 0.15) is 0 Å². The van der Waals surface area contributed by atoms with E-state index in [1.165, 1.54) is 0 Å². The summed E-state index contributed by atoms with van der Waals surface area (Å²) in [5, 5.41) is 2.79. The molecule has 0 saturated heterocycles. The summed E-state index contributed by atoms with van der Waals surface area (Å²) in [6, 6.07) is 95.5. The predicted octanol–water partition coefficient (Wildman–Crippen LogP) is 16.4. The van der Waals surface area contributed by atoms with E-state index in [2.05, 4.69) is 179 Å². The van der Waals surface area contributed by atoms with E-state index in [1.807, 2.05) is 109 Å². The van der Waals surface area contributed by atoms with Crippen LogP contribution in [0.15, 0.2) is 279 Å². The van der Waals surface area contributed by atoms with Crippen molar-refractivity contribution in [1.82, 2.24) is 0 Å². The highest BCUT2D eigenvalue weighted by molar-refractivity contribution is 7.81. The molecular weight excluding hydrogens is 915 g/mol. The molecule has 0 aliphatic carbocycles. The number of fused-ring (bicyclic) bond motifs is 6. The number of rotatable bonds is 8. The first kappa shape index (κ1) is 43.5. The number of nitrogens with zero attached hydrogens (tertiary/aromatic N) is 2. The lowest BCUT2D eigenvalue weighted by atomic mass is 9.96. The normalized spacial score (nSPS) is 16.5. The van der Waals surface area contributed by atoms with Crippen LogP contribution in [0.5, 0.6) is 0 Å². The van der Waals surface area contributed by atoms with E-state index in [1.54, 1.807) is 0 Å². The highest BCUT2D eigenvalue weighted by Crippen LogP contribution is 2.66. The number of hydrogen-bond acceptors (Lipinski definition) is 2. The highest BCUT2D eigenvalue weighted by atomic mass is 31.2. The zero-order chi connectivity index (χ0) is 48.2. The fourth-order valence-electron chi connectivity index (χ4n) is 10.8. The second kappa shape index (κ2) is 17.7. The van der Waals surface area contributed by atoms with Gasteiger partial charge in [0.1, 0.15) is 0 Å². The van der Waals surface area contributed by atoms with Gasteiger partial charge >= 0.3 is 0 Å². The minimum Gasteiger partial charge on any atom is -0.289 e. The maximum atomic E-state index is 17.6. The standard InChI is InChI=1S/C66H46N2O2P2/c69-71(57-31-15-5-16-32-57)65-45-62-60-36-20-22-38-64(60)68(56-43-53(49-27-11-3-12-28-49)40-54(44-56)50-29-13-4-14-30-50)72(70,58-33-17-6-18-34-58)66(62)46-61(65)59-35-19-21-37-63(59)67(71)55-41-51(47-23-7-1-8-24-47)39-52(42-55)48-25-9-2-10-26-48/h1-46H. The van der Waals surface area contributed by atoms with Gasteiger partial charge in [0, 0.05) is 43.7 Å². The van der Waals surface area contributed by atoms with Crippen LogP contribution in [0.4, 0.5) is 22.7 Å². The van der Waals surface area contributed by atoms with Crippen molar-refractivity contribution >= 4 is 58.6 Å². The molecule has 0 N–H and O–H groups in total. The largest absolute Gasteiger partial charge is 0.289 e. The summed E-state index contributed by atoms with van der Waals surface area (Å²) in [6.45, 7) is 0. The van der Waals surface area contributed by atoms with Crippen LogP contribution in [-0.2, 0) is 9.13 Å². The van der Waals surface area contributed by atoms with Crippen LogP contribution in [0, 0.1) is 0 Å². The van der Waals surface area contributed by atoms with Crippen LogP contribution < -0.4 is 30.6 Å². The van der Waals surface area contributed by atoms with Gasteiger partial charge in [-0.05, 0) is 141 Å². The van der Waals surface area contributed by atoms with Crippen LogP contribution in [0.25, 0.3) is 66.8 Å². The Bertz CT molecular complexity index is 3550. The van der Waals surface area contributed by atoms with Gasteiger partial charge < -0.3 is 0 Å². The molecule has 0 aromatic heterocycles. The molecule has 0 amide bonds. The average molecular weight is 961 g/mol. The first-order valence-electron chi connectivity index (χ1n) is 24.3. The van der Waals surface area contributed by atoms with Gasteiger partial charge in [-0.2, -0.15) is 0 Å². The predicted molar refractivity (Wildman–Crippen MR) is 303 cm³/mol.